The highest BCUT2D eigenvalue weighted by molar-refractivity contribution is 7.85. The fraction of sp³-hybridized carbons (Fsp3) is 0.636. The maximum absolute atomic E-state index is 11.2. The Balaban J connectivity index is 1.95. The van der Waals surface area contributed by atoms with Gasteiger partial charge in [0.25, 0.3) is 0 Å². The molecule has 0 aromatic carbocycles. The summed E-state index contributed by atoms with van der Waals surface area (Å²) in [4.78, 5) is 2.28. The molecule has 1 aromatic rings. The molecule has 5 heteroatoms. The molecule has 90 valence electrons. The van der Waals surface area contributed by atoms with Crippen LogP contribution >= 0.6 is 0 Å². The van der Waals surface area contributed by atoms with Crippen LogP contribution in [-0.2, 0) is 23.9 Å². The topological polar surface area (TPSA) is 59.5 Å². The van der Waals surface area contributed by atoms with E-state index >= 15 is 0 Å². The number of rotatable bonds is 3. The summed E-state index contributed by atoms with van der Waals surface area (Å²) in [6, 6.07) is 2.03. The Morgan fingerprint density at radius 3 is 2.75 bits per heavy atom. The number of furan rings is 1. The molecule has 0 bridgehead atoms. The first-order chi connectivity index (χ1) is 7.69. The minimum absolute atomic E-state index is 0.527. The summed E-state index contributed by atoms with van der Waals surface area (Å²) in [7, 11) is -0.612. The molecule has 0 atom stereocenters. The maximum atomic E-state index is 11.2. The molecule has 0 radical (unpaired) electrons. The van der Waals surface area contributed by atoms with Crippen molar-refractivity contribution in [2.45, 2.75) is 20.0 Å². The van der Waals surface area contributed by atoms with E-state index in [2.05, 4.69) is 4.90 Å². The average Bonchev–Trinajstić information content (AvgIpc) is 2.62. The Bertz CT molecular complexity index is 379. The minimum atomic E-state index is -0.612. The van der Waals surface area contributed by atoms with Crippen LogP contribution in [0.4, 0.5) is 0 Å². The normalized spacial score (nSPS) is 19.1. The summed E-state index contributed by atoms with van der Waals surface area (Å²) in [5, 5.41) is 0. The van der Waals surface area contributed by atoms with Crippen molar-refractivity contribution in [2.75, 3.05) is 24.6 Å². The van der Waals surface area contributed by atoms with Crippen LogP contribution in [-0.4, -0.2) is 33.7 Å². The van der Waals surface area contributed by atoms with Gasteiger partial charge in [0, 0.05) is 47.5 Å². The summed E-state index contributed by atoms with van der Waals surface area (Å²) < 4.78 is 16.8. The smallest absolute Gasteiger partial charge is 0.118 e. The fourth-order valence-corrected chi connectivity index (χ4v) is 3.05. The lowest BCUT2D eigenvalue weighted by Crippen LogP contribution is -2.37. The van der Waals surface area contributed by atoms with E-state index in [1.165, 1.54) is 0 Å². The molecule has 2 heterocycles. The molecule has 1 saturated heterocycles. The van der Waals surface area contributed by atoms with Gasteiger partial charge in [0.2, 0.25) is 0 Å². The Labute approximate surface area is 98.2 Å². The van der Waals surface area contributed by atoms with E-state index in [9.17, 15) is 4.21 Å². The van der Waals surface area contributed by atoms with Crippen molar-refractivity contribution in [2.24, 2.45) is 5.73 Å². The lowest BCUT2D eigenvalue weighted by Gasteiger charge is -2.24. The van der Waals surface area contributed by atoms with Gasteiger partial charge in [-0.25, -0.2) is 0 Å². The van der Waals surface area contributed by atoms with Gasteiger partial charge in [0.05, 0.1) is 6.54 Å². The van der Waals surface area contributed by atoms with Crippen LogP contribution in [0.1, 0.15) is 17.1 Å². The van der Waals surface area contributed by atoms with Crippen molar-refractivity contribution in [3.63, 3.8) is 0 Å². The zero-order valence-electron chi connectivity index (χ0n) is 9.57. The zero-order chi connectivity index (χ0) is 11.5. The van der Waals surface area contributed by atoms with Crippen molar-refractivity contribution < 1.29 is 8.63 Å². The quantitative estimate of drug-likeness (QED) is 0.843. The number of nitrogens with two attached hydrogens (primary N) is 1. The highest BCUT2D eigenvalue weighted by atomic mass is 32.2. The van der Waals surface area contributed by atoms with Crippen molar-refractivity contribution in [1.29, 1.82) is 0 Å². The van der Waals surface area contributed by atoms with E-state index in [1.54, 1.807) is 0 Å². The molecular formula is C11H18N2O2S. The van der Waals surface area contributed by atoms with Crippen molar-refractivity contribution >= 4 is 10.8 Å². The molecule has 2 N–H and O–H groups in total. The third kappa shape index (κ3) is 2.72. The van der Waals surface area contributed by atoms with Crippen LogP contribution in [0, 0.1) is 6.92 Å². The number of hydrogen-bond acceptors (Lipinski definition) is 4. The van der Waals surface area contributed by atoms with Crippen LogP contribution in [0.25, 0.3) is 0 Å². The van der Waals surface area contributed by atoms with Gasteiger partial charge in [-0.1, -0.05) is 0 Å². The Morgan fingerprint density at radius 1 is 1.50 bits per heavy atom. The van der Waals surface area contributed by atoms with Gasteiger partial charge in [-0.3, -0.25) is 9.11 Å². The molecule has 0 amide bonds. The van der Waals surface area contributed by atoms with Crippen molar-refractivity contribution in [1.82, 2.24) is 4.90 Å². The van der Waals surface area contributed by atoms with E-state index in [-0.39, 0.29) is 0 Å². The van der Waals surface area contributed by atoms with E-state index in [1.807, 2.05) is 13.0 Å². The Hall–Kier alpha value is -0.650. The van der Waals surface area contributed by atoms with Gasteiger partial charge in [0.1, 0.15) is 11.5 Å². The third-order valence-electron chi connectivity index (χ3n) is 2.94. The third-order valence-corrected chi connectivity index (χ3v) is 4.22. The highest BCUT2D eigenvalue weighted by Gasteiger charge is 2.17. The molecule has 2 rings (SSSR count). The number of aryl methyl sites for hydroxylation is 1. The van der Waals surface area contributed by atoms with Gasteiger partial charge in [-0.15, -0.1) is 0 Å². The second-order valence-electron chi connectivity index (χ2n) is 4.12. The Morgan fingerprint density at radius 2 is 2.19 bits per heavy atom. The van der Waals surface area contributed by atoms with Gasteiger partial charge in [-0.2, -0.15) is 0 Å². The largest absolute Gasteiger partial charge is 0.465 e. The fourth-order valence-electron chi connectivity index (χ4n) is 1.92. The molecule has 0 spiro atoms. The molecule has 16 heavy (non-hydrogen) atoms. The summed E-state index contributed by atoms with van der Waals surface area (Å²) in [6.07, 6.45) is 0. The first kappa shape index (κ1) is 11.8. The molecule has 0 saturated carbocycles. The van der Waals surface area contributed by atoms with E-state index in [4.69, 9.17) is 10.2 Å². The first-order valence-corrected chi connectivity index (χ1v) is 7.03. The average molecular weight is 242 g/mol. The molecule has 1 aliphatic heterocycles. The van der Waals surface area contributed by atoms with Gasteiger partial charge in [-0.05, 0) is 13.0 Å². The monoisotopic (exact) mass is 242 g/mol. The first-order valence-electron chi connectivity index (χ1n) is 5.54. The predicted molar refractivity (Wildman–Crippen MR) is 64.5 cm³/mol. The van der Waals surface area contributed by atoms with Crippen LogP contribution in [0.15, 0.2) is 10.5 Å². The molecule has 1 aliphatic rings. The molecule has 1 aromatic heterocycles. The highest BCUT2D eigenvalue weighted by Crippen LogP contribution is 2.16. The minimum Gasteiger partial charge on any atom is -0.465 e. The summed E-state index contributed by atoms with van der Waals surface area (Å²) in [6.45, 7) is 5.06. The van der Waals surface area contributed by atoms with Gasteiger partial charge >= 0.3 is 0 Å². The molecular weight excluding hydrogens is 224 g/mol. The summed E-state index contributed by atoms with van der Waals surface area (Å²) >= 11 is 0. The van der Waals surface area contributed by atoms with Crippen LogP contribution in [0.2, 0.25) is 0 Å². The molecule has 0 unspecified atom stereocenters. The lowest BCUT2D eigenvalue weighted by molar-refractivity contribution is 0.263. The van der Waals surface area contributed by atoms with E-state index < -0.39 is 10.8 Å². The van der Waals surface area contributed by atoms with E-state index in [0.29, 0.717) is 6.54 Å². The van der Waals surface area contributed by atoms with Crippen LogP contribution in [0.3, 0.4) is 0 Å². The van der Waals surface area contributed by atoms with Crippen LogP contribution < -0.4 is 5.73 Å². The standard InChI is InChI=1S/C11H18N2O2S/c1-9-10(7-12)6-11(15-9)8-13-2-4-16(14)5-3-13/h6H,2-5,7-8,12H2,1H3. The van der Waals surface area contributed by atoms with Crippen molar-refractivity contribution in [3.8, 4) is 0 Å². The number of nitrogens with zero attached hydrogens (tertiary/aromatic N) is 1. The zero-order valence-corrected chi connectivity index (χ0v) is 10.4. The van der Waals surface area contributed by atoms with Gasteiger partial charge < -0.3 is 10.2 Å². The second kappa shape index (κ2) is 5.12. The van der Waals surface area contributed by atoms with Crippen LogP contribution in [0.5, 0.6) is 0 Å². The maximum Gasteiger partial charge on any atom is 0.118 e. The second-order valence-corrected chi connectivity index (χ2v) is 5.82. The summed E-state index contributed by atoms with van der Waals surface area (Å²) in [5.74, 6) is 3.44. The summed E-state index contributed by atoms with van der Waals surface area (Å²) in [5.41, 5.74) is 6.68. The molecule has 0 aliphatic carbocycles. The van der Waals surface area contributed by atoms with Gasteiger partial charge in [0.15, 0.2) is 0 Å². The Kier molecular flexibility index (Phi) is 3.78. The molecule has 4 nitrogen and oxygen atoms in total. The molecule has 1 fully saturated rings. The lowest BCUT2D eigenvalue weighted by atomic mass is 10.2. The van der Waals surface area contributed by atoms with Crippen molar-refractivity contribution in [3.05, 3.63) is 23.2 Å². The van der Waals surface area contributed by atoms with E-state index in [0.717, 1.165) is 48.2 Å². The SMILES string of the molecule is Cc1oc(CN2CCS(=O)CC2)cc1CN. The number of hydrogen-bond donors (Lipinski definition) is 1. The predicted octanol–water partition coefficient (Wildman–Crippen LogP) is 0.611.